The van der Waals surface area contributed by atoms with Crippen LogP contribution in [0.25, 0.3) is 6.08 Å². The van der Waals surface area contributed by atoms with Gasteiger partial charge in [-0.1, -0.05) is 18.2 Å². The third-order valence-electron chi connectivity index (χ3n) is 3.63. The minimum absolute atomic E-state index is 0.0617. The van der Waals surface area contributed by atoms with Crippen molar-refractivity contribution < 1.29 is 37.4 Å². The molecule has 1 amide bonds. The number of anilines is 1. The molecule has 2 aromatic carbocycles. The van der Waals surface area contributed by atoms with E-state index in [2.05, 4.69) is 0 Å². The Labute approximate surface area is 173 Å². The maximum absolute atomic E-state index is 12.4. The number of amides is 1. The van der Waals surface area contributed by atoms with Crippen LogP contribution in [0.15, 0.2) is 53.4 Å². The molecular formula is C20H16F3NO5S. The fourth-order valence-electron chi connectivity index (χ4n) is 2.27. The van der Waals surface area contributed by atoms with Crippen molar-refractivity contribution in [3.8, 4) is 5.75 Å². The molecule has 30 heavy (non-hydrogen) atoms. The quantitative estimate of drug-likeness (QED) is 0.363. The molecule has 158 valence electrons. The summed E-state index contributed by atoms with van der Waals surface area (Å²) in [5.41, 5.74) is 0.627. The Morgan fingerprint density at radius 2 is 1.90 bits per heavy atom. The summed E-state index contributed by atoms with van der Waals surface area (Å²) in [7, 11) is 1.39. The molecule has 0 unspecified atom stereocenters. The van der Waals surface area contributed by atoms with Crippen molar-refractivity contribution in [1.82, 2.24) is 0 Å². The lowest BCUT2D eigenvalue weighted by Gasteiger charge is -2.09. The van der Waals surface area contributed by atoms with Crippen LogP contribution in [-0.4, -0.2) is 41.8 Å². The Kier molecular flexibility index (Phi) is 7.65. The number of carbonyl (C=O) groups is 3. The van der Waals surface area contributed by atoms with Crippen LogP contribution >= 0.6 is 11.8 Å². The Balaban J connectivity index is 2.13. The molecule has 0 saturated carbocycles. The number of halogens is 3. The Bertz CT molecular complexity index is 989. The van der Waals surface area contributed by atoms with Gasteiger partial charge in [-0.05, 0) is 42.0 Å². The first-order valence-electron chi connectivity index (χ1n) is 8.33. The number of alkyl halides is 3. The first-order valence-corrected chi connectivity index (χ1v) is 9.32. The predicted octanol–water partition coefficient (Wildman–Crippen LogP) is 4.27. The highest BCUT2D eigenvalue weighted by molar-refractivity contribution is 8.00. The van der Waals surface area contributed by atoms with Crippen LogP contribution < -0.4 is 10.1 Å². The van der Waals surface area contributed by atoms with Gasteiger partial charge in [0.05, 0.1) is 12.9 Å². The van der Waals surface area contributed by atoms with Gasteiger partial charge in [-0.2, -0.15) is 13.2 Å². The summed E-state index contributed by atoms with van der Waals surface area (Å²) in [6, 6.07) is 10.1. The number of allylic oxidation sites excluding steroid dienone is 1. The normalized spacial score (nSPS) is 11.3. The number of ketones is 1. The van der Waals surface area contributed by atoms with Gasteiger partial charge in [0.2, 0.25) is 0 Å². The van der Waals surface area contributed by atoms with E-state index in [0.717, 1.165) is 11.8 Å². The Morgan fingerprint density at radius 3 is 2.53 bits per heavy atom. The third-order valence-corrected chi connectivity index (χ3v) is 4.67. The second-order valence-electron chi connectivity index (χ2n) is 5.82. The van der Waals surface area contributed by atoms with Crippen LogP contribution in [0.1, 0.15) is 15.9 Å². The SMILES string of the molecule is COc1cc(C(=O)C=Cc2cccc(NC(=O)C(F)(F)F)c2)ccc1SCC(=O)O. The van der Waals surface area contributed by atoms with Gasteiger partial charge < -0.3 is 15.2 Å². The average molecular weight is 439 g/mol. The highest BCUT2D eigenvalue weighted by atomic mass is 32.2. The van der Waals surface area contributed by atoms with E-state index in [0.29, 0.717) is 16.2 Å². The molecule has 0 saturated heterocycles. The molecule has 0 aromatic heterocycles. The maximum Gasteiger partial charge on any atom is 0.471 e. The smallest absolute Gasteiger partial charge is 0.471 e. The van der Waals surface area contributed by atoms with Gasteiger partial charge in [-0.25, -0.2) is 0 Å². The first-order chi connectivity index (χ1) is 14.1. The van der Waals surface area contributed by atoms with E-state index in [4.69, 9.17) is 9.84 Å². The first kappa shape index (κ1) is 23.0. The number of carbonyl (C=O) groups excluding carboxylic acids is 2. The molecule has 2 rings (SSSR count). The van der Waals surface area contributed by atoms with Gasteiger partial charge in [0.1, 0.15) is 5.75 Å². The number of thioether (sulfide) groups is 1. The predicted molar refractivity (Wildman–Crippen MR) is 106 cm³/mol. The van der Waals surface area contributed by atoms with Crippen molar-refractivity contribution in [1.29, 1.82) is 0 Å². The van der Waals surface area contributed by atoms with E-state index in [1.807, 2.05) is 0 Å². The topological polar surface area (TPSA) is 92.7 Å². The number of aliphatic carboxylic acids is 1. The van der Waals surface area contributed by atoms with Crippen LogP contribution in [0.5, 0.6) is 5.75 Å². The zero-order chi connectivity index (χ0) is 22.3. The monoisotopic (exact) mass is 439 g/mol. The van der Waals surface area contributed by atoms with Gasteiger partial charge in [-0.3, -0.25) is 14.4 Å². The number of hydrogen-bond acceptors (Lipinski definition) is 5. The summed E-state index contributed by atoms with van der Waals surface area (Å²) in [4.78, 5) is 34.7. The molecule has 0 aliphatic rings. The molecule has 0 bridgehead atoms. The molecule has 0 heterocycles. The van der Waals surface area contributed by atoms with E-state index in [-0.39, 0.29) is 17.0 Å². The Hall–Kier alpha value is -3.27. The average Bonchev–Trinajstić information content (AvgIpc) is 2.69. The zero-order valence-electron chi connectivity index (χ0n) is 15.5. The van der Waals surface area contributed by atoms with Gasteiger partial charge in [0.25, 0.3) is 0 Å². The number of hydrogen-bond donors (Lipinski definition) is 2. The van der Waals surface area contributed by atoms with Crippen molar-refractivity contribution in [3.05, 3.63) is 59.7 Å². The summed E-state index contributed by atoms with van der Waals surface area (Å²) in [6.07, 6.45) is -2.38. The van der Waals surface area contributed by atoms with Crippen LogP contribution in [0.4, 0.5) is 18.9 Å². The van der Waals surface area contributed by atoms with Crippen LogP contribution in [-0.2, 0) is 9.59 Å². The molecule has 2 aromatic rings. The van der Waals surface area contributed by atoms with Crippen molar-refractivity contribution in [3.63, 3.8) is 0 Å². The standard InChI is InChI=1S/C20H16F3NO5S/c1-29-16-10-13(6-8-17(16)30-11-18(26)27)15(25)7-5-12-3-2-4-14(9-12)24-19(28)20(21,22)23/h2-10H,11H2,1H3,(H,24,28)(H,26,27). The summed E-state index contributed by atoms with van der Waals surface area (Å²) in [5, 5.41) is 10.5. The molecule has 0 aliphatic heterocycles. The number of rotatable bonds is 8. The second kappa shape index (κ2) is 9.97. The fraction of sp³-hybridized carbons (Fsp3) is 0.150. The van der Waals surface area contributed by atoms with E-state index in [1.165, 1.54) is 49.6 Å². The Morgan fingerprint density at radius 1 is 1.17 bits per heavy atom. The molecule has 6 nitrogen and oxygen atoms in total. The lowest BCUT2D eigenvalue weighted by atomic mass is 10.1. The molecule has 0 radical (unpaired) electrons. The second-order valence-corrected chi connectivity index (χ2v) is 6.84. The van der Waals surface area contributed by atoms with E-state index in [1.54, 1.807) is 17.4 Å². The summed E-state index contributed by atoms with van der Waals surface area (Å²) < 4.78 is 42.2. The molecular weight excluding hydrogens is 423 g/mol. The minimum Gasteiger partial charge on any atom is -0.496 e. The summed E-state index contributed by atoms with van der Waals surface area (Å²) >= 11 is 1.05. The highest BCUT2D eigenvalue weighted by Gasteiger charge is 2.38. The van der Waals surface area contributed by atoms with E-state index in [9.17, 15) is 27.6 Å². The number of methoxy groups -OCH3 is 1. The molecule has 0 aliphatic carbocycles. The molecule has 0 atom stereocenters. The number of nitrogens with one attached hydrogen (secondary N) is 1. The lowest BCUT2D eigenvalue weighted by Crippen LogP contribution is -2.29. The minimum atomic E-state index is -5.00. The highest BCUT2D eigenvalue weighted by Crippen LogP contribution is 2.30. The molecule has 0 fully saturated rings. The van der Waals surface area contributed by atoms with Crippen molar-refractivity contribution in [2.45, 2.75) is 11.1 Å². The van der Waals surface area contributed by atoms with Crippen molar-refractivity contribution >= 4 is 41.2 Å². The fourth-order valence-corrected chi connectivity index (χ4v) is 3.00. The third kappa shape index (κ3) is 6.66. The zero-order valence-corrected chi connectivity index (χ0v) is 16.3. The molecule has 2 N–H and O–H groups in total. The van der Waals surface area contributed by atoms with Crippen molar-refractivity contribution in [2.75, 3.05) is 18.2 Å². The maximum atomic E-state index is 12.4. The van der Waals surface area contributed by atoms with Gasteiger partial charge in [-0.15, -0.1) is 11.8 Å². The number of benzene rings is 2. The van der Waals surface area contributed by atoms with Gasteiger partial charge >= 0.3 is 18.1 Å². The largest absolute Gasteiger partial charge is 0.496 e. The van der Waals surface area contributed by atoms with Gasteiger partial charge in [0, 0.05) is 16.1 Å². The number of carboxylic acids is 1. The van der Waals surface area contributed by atoms with Gasteiger partial charge in [0.15, 0.2) is 5.78 Å². The van der Waals surface area contributed by atoms with E-state index < -0.39 is 23.8 Å². The van der Waals surface area contributed by atoms with E-state index >= 15 is 0 Å². The molecule has 0 spiro atoms. The number of carboxylic acid groups (broad SMARTS) is 1. The summed E-state index contributed by atoms with van der Waals surface area (Å²) in [5.74, 6) is -3.29. The number of ether oxygens (including phenoxy) is 1. The van der Waals surface area contributed by atoms with Crippen LogP contribution in [0.3, 0.4) is 0 Å². The van der Waals surface area contributed by atoms with Crippen molar-refractivity contribution in [2.24, 2.45) is 0 Å². The summed E-state index contributed by atoms with van der Waals surface area (Å²) in [6.45, 7) is 0. The lowest BCUT2D eigenvalue weighted by molar-refractivity contribution is -0.167. The van der Waals surface area contributed by atoms with Crippen LogP contribution in [0.2, 0.25) is 0 Å². The molecule has 10 heteroatoms. The van der Waals surface area contributed by atoms with Crippen LogP contribution in [0, 0.1) is 0 Å².